The lowest BCUT2D eigenvalue weighted by molar-refractivity contribution is -0.120. The van der Waals surface area contributed by atoms with Gasteiger partial charge < -0.3 is 9.47 Å². The number of nitrogens with zero attached hydrogens (tertiary/aromatic N) is 2. The summed E-state index contributed by atoms with van der Waals surface area (Å²) in [5.41, 5.74) is 5.35. The molecule has 5 heteroatoms. The lowest BCUT2D eigenvalue weighted by atomic mass is 9.91. The van der Waals surface area contributed by atoms with Crippen molar-refractivity contribution in [3.63, 3.8) is 0 Å². The van der Waals surface area contributed by atoms with E-state index in [4.69, 9.17) is 9.47 Å². The highest BCUT2D eigenvalue weighted by molar-refractivity contribution is 6.02. The summed E-state index contributed by atoms with van der Waals surface area (Å²) in [5, 5.41) is 1.99. The zero-order chi connectivity index (χ0) is 26.6. The number of fused-ring (bicyclic) bond motifs is 1. The van der Waals surface area contributed by atoms with Crippen molar-refractivity contribution in [1.29, 1.82) is 0 Å². The third-order valence-electron chi connectivity index (χ3n) is 6.38. The van der Waals surface area contributed by atoms with Crippen molar-refractivity contribution >= 4 is 22.5 Å². The molecule has 192 valence electrons. The molecule has 1 aromatic heterocycles. The van der Waals surface area contributed by atoms with Crippen LogP contribution in [0.25, 0.3) is 21.9 Å². The monoisotopic (exact) mass is 496 g/mol. The second kappa shape index (κ2) is 11.1. The fraction of sp³-hybridized carbons (Fsp3) is 0.312. The Hall–Kier alpha value is -3.70. The predicted molar refractivity (Wildman–Crippen MR) is 151 cm³/mol. The van der Waals surface area contributed by atoms with Gasteiger partial charge >= 0.3 is 0 Å². The van der Waals surface area contributed by atoms with Crippen molar-refractivity contribution in [3.05, 3.63) is 89.6 Å². The minimum atomic E-state index is -0.137. The van der Waals surface area contributed by atoms with E-state index in [1.54, 1.807) is 20.4 Å². The SMILES string of the molecule is COCc1ccc2c(N(Cc3ccc(-c4ccc(OC)c(C)c4)cc3)C(=O)CC(C)(C)C)nccc2c1. The quantitative estimate of drug-likeness (QED) is 0.256. The molecule has 4 aromatic rings. The van der Waals surface area contributed by atoms with E-state index in [9.17, 15) is 4.79 Å². The van der Waals surface area contributed by atoms with Crippen LogP contribution in [0, 0.1) is 12.3 Å². The third-order valence-corrected chi connectivity index (χ3v) is 6.38. The molecule has 5 nitrogen and oxygen atoms in total. The lowest BCUT2D eigenvalue weighted by Gasteiger charge is -2.27. The van der Waals surface area contributed by atoms with E-state index in [2.05, 4.69) is 68.2 Å². The van der Waals surface area contributed by atoms with Gasteiger partial charge in [0.2, 0.25) is 5.91 Å². The largest absolute Gasteiger partial charge is 0.496 e. The molecule has 0 N–H and O–H groups in total. The maximum Gasteiger partial charge on any atom is 0.229 e. The van der Waals surface area contributed by atoms with E-state index >= 15 is 0 Å². The van der Waals surface area contributed by atoms with Crippen LogP contribution in [-0.4, -0.2) is 25.1 Å². The summed E-state index contributed by atoms with van der Waals surface area (Å²) in [6, 6.07) is 22.7. The number of amides is 1. The molecule has 0 spiro atoms. The summed E-state index contributed by atoms with van der Waals surface area (Å²) < 4.78 is 10.7. The van der Waals surface area contributed by atoms with Gasteiger partial charge in [0.15, 0.2) is 0 Å². The molecule has 0 bridgehead atoms. The number of carbonyl (C=O) groups is 1. The number of rotatable bonds is 8. The minimum Gasteiger partial charge on any atom is -0.496 e. The molecule has 4 rings (SSSR count). The Balaban J connectivity index is 1.68. The van der Waals surface area contributed by atoms with Gasteiger partial charge in [-0.25, -0.2) is 4.98 Å². The molecule has 0 fully saturated rings. The van der Waals surface area contributed by atoms with Gasteiger partial charge in [-0.15, -0.1) is 0 Å². The molecule has 0 saturated carbocycles. The van der Waals surface area contributed by atoms with Gasteiger partial charge in [0, 0.05) is 25.1 Å². The molecule has 1 amide bonds. The Morgan fingerprint density at radius 3 is 2.24 bits per heavy atom. The number of pyridine rings is 1. The third kappa shape index (κ3) is 6.36. The highest BCUT2D eigenvalue weighted by Crippen LogP contribution is 2.31. The van der Waals surface area contributed by atoms with Gasteiger partial charge in [-0.1, -0.05) is 63.2 Å². The summed E-state index contributed by atoms with van der Waals surface area (Å²) in [7, 11) is 3.38. The summed E-state index contributed by atoms with van der Waals surface area (Å²) in [6.07, 6.45) is 2.21. The molecule has 37 heavy (non-hydrogen) atoms. The number of aromatic nitrogens is 1. The summed E-state index contributed by atoms with van der Waals surface area (Å²) in [5.74, 6) is 1.62. The van der Waals surface area contributed by atoms with Crippen LogP contribution in [-0.2, 0) is 22.7 Å². The highest BCUT2D eigenvalue weighted by Gasteiger charge is 2.25. The van der Waals surface area contributed by atoms with Crippen molar-refractivity contribution in [2.24, 2.45) is 5.41 Å². The number of anilines is 1. The van der Waals surface area contributed by atoms with Crippen molar-refractivity contribution in [1.82, 2.24) is 4.98 Å². The van der Waals surface area contributed by atoms with Crippen LogP contribution < -0.4 is 9.64 Å². The van der Waals surface area contributed by atoms with E-state index in [1.807, 2.05) is 36.1 Å². The minimum absolute atomic E-state index is 0.0586. The molecule has 3 aromatic carbocycles. The van der Waals surface area contributed by atoms with Crippen LogP contribution in [0.5, 0.6) is 5.75 Å². The molecular formula is C32H36N2O3. The van der Waals surface area contributed by atoms with Crippen LogP contribution in [0.3, 0.4) is 0 Å². The first-order valence-corrected chi connectivity index (χ1v) is 12.6. The zero-order valence-corrected chi connectivity index (χ0v) is 22.7. The first kappa shape index (κ1) is 26.4. The van der Waals surface area contributed by atoms with Gasteiger partial charge in [-0.3, -0.25) is 9.69 Å². The maximum atomic E-state index is 13.6. The van der Waals surface area contributed by atoms with E-state index in [1.165, 1.54) is 0 Å². The Kier molecular flexibility index (Phi) is 7.94. The molecule has 0 aliphatic heterocycles. The maximum absolute atomic E-state index is 13.6. The number of hydrogen-bond donors (Lipinski definition) is 0. The molecule has 0 unspecified atom stereocenters. The van der Waals surface area contributed by atoms with Gasteiger partial charge in [0.05, 0.1) is 20.3 Å². The Bertz CT molecular complexity index is 1390. The normalized spacial score (nSPS) is 11.5. The van der Waals surface area contributed by atoms with E-state index in [0.29, 0.717) is 25.4 Å². The van der Waals surface area contributed by atoms with E-state index in [-0.39, 0.29) is 11.3 Å². The predicted octanol–water partition coefficient (Wildman–Crippen LogP) is 7.33. The smallest absolute Gasteiger partial charge is 0.229 e. The molecule has 0 aliphatic rings. The van der Waals surface area contributed by atoms with E-state index in [0.717, 1.165) is 44.3 Å². The number of aryl methyl sites for hydroxylation is 1. The first-order chi connectivity index (χ1) is 17.7. The number of ether oxygens (including phenoxy) is 2. The van der Waals surface area contributed by atoms with Gasteiger partial charge in [0.1, 0.15) is 11.6 Å². The van der Waals surface area contributed by atoms with Crippen molar-refractivity contribution in [2.45, 2.75) is 47.3 Å². The van der Waals surface area contributed by atoms with Crippen LogP contribution in [0.15, 0.2) is 72.9 Å². The number of benzene rings is 3. The number of methoxy groups -OCH3 is 2. The highest BCUT2D eigenvalue weighted by atomic mass is 16.5. The second-order valence-corrected chi connectivity index (χ2v) is 10.7. The Morgan fingerprint density at radius 2 is 1.59 bits per heavy atom. The average molecular weight is 497 g/mol. The van der Waals surface area contributed by atoms with Crippen LogP contribution >= 0.6 is 0 Å². The topological polar surface area (TPSA) is 51.7 Å². The number of hydrogen-bond acceptors (Lipinski definition) is 4. The van der Waals surface area contributed by atoms with Crippen molar-refractivity contribution in [3.8, 4) is 16.9 Å². The van der Waals surface area contributed by atoms with Crippen LogP contribution in [0.2, 0.25) is 0 Å². The summed E-state index contributed by atoms with van der Waals surface area (Å²) in [6.45, 7) is 9.29. The molecule has 0 aliphatic carbocycles. The van der Waals surface area contributed by atoms with Gasteiger partial charge in [0.25, 0.3) is 0 Å². The summed E-state index contributed by atoms with van der Waals surface area (Å²) in [4.78, 5) is 20.1. The van der Waals surface area contributed by atoms with Crippen molar-refractivity contribution in [2.75, 3.05) is 19.1 Å². The molecule has 0 atom stereocenters. The Labute approximate surface area is 220 Å². The fourth-order valence-electron chi connectivity index (χ4n) is 4.56. The fourth-order valence-corrected chi connectivity index (χ4v) is 4.56. The average Bonchev–Trinajstić information content (AvgIpc) is 2.86. The number of carbonyl (C=O) groups excluding carboxylic acids is 1. The van der Waals surface area contributed by atoms with Gasteiger partial charge in [-0.05, 0) is 69.8 Å². The first-order valence-electron chi connectivity index (χ1n) is 12.6. The second-order valence-electron chi connectivity index (χ2n) is 10.7. The van der Waals surface area contributed by atoms with Gasteiger partial charge in [-0.2, -0.15) is 0 Å². The summed E-state index contributed by atoms with van der Waals surface area (Å²) >= 11 is 0. The zero-order valence-electron chi connectivity index (χ0n) is 22.7. The van der Waals surface area contributed by atoms with E-state index < -0.39 is 0 Å². The lowest BCUT2D eigenvalue weighted by Crippen LogP contribution is -2.34. The molecule has 0 radical (unpaired) electrons. The van der Waals surface area contributed by atoms with Crippen LogP contribution in [0.4, 0.5) is 5.82 Å². The standard InChI is InChI=1S/C32H36N2O3/c1-22-17-26(12-14-29(22)37-6)25-10-7-23(8-11-25)20-34(30(35)19-32(2,3)4)31-28-13-9-24(21-36-5)18-27(28)15-16-33-31/h7-18H,19-21H2,1-6H3. The van der Waals surface area contributed by atoms with Crippen LogP contribution in [0.1, 0.15) is 43.9 Å². The molecule has 1 heterocycles. The Morgan fingerprint density at radius 1 is 0.892 bits per heavy atom. The molecular weight excluding hydrogens is 460 g/mol. The van der Waals surface area contributed by atoms with Crippen molar-refractivity contribution < 1.29 is 14.3 Å². The molecule has 0 saturated heterocycles.